The fourth-order valence-electron chi connectivity index (χ4n) is 1.95. The summed E-state index contributed by atoms with van der Waals surface area (Å²) in [6.07, 6.45) is 8.03. The van der Waals surface area contributed by atoms with Gasteiger partial charge >= 0.3 is 0 Å². The summed E-state index contributed by atoms with van der Waals surface area (Å²) in [7, 11) is 0. The Hall–Kier alpha value is -1.31. The van der Waals surface area contributed by atoms with E-state index in [9.17, 15) is 4.79 Å². The normalized spacial score (nSPS) is 10.3. The lowest BCUT2D eigenvalue weighted by Crippen LogP contribution is -2.22. The van der Waals surface area contributed by atoms with E-state index in [2.05, 4.69) is 12.2 Å². The quantitative estimate of drug-likeness (QED) is 0.655. The number of carbonyl (C=O) groups is 1. The number of nitrogens with one attached hydrogen (secondary N) is 1. The van der Waals surface area contributed by atoms with Crippen LogP contribution < -0.4 is 5.32 Å². The smallest absolute Gasteiger partial charge is 0.220 e. The number of amides is 1. The Morgan fingerprint density at radius 1 is 1.00 bits per heavy atom. The van der Waals surface area contributed by atoms with Crippen LogP contribution >= 0.6 is 0 Å². The molecular weight excluding hydrogens is 222 g/mol. The number of rotatable bonds is 9. The molecule has 0 aliphatic carbocycles. The highest BCUT2D eigenvalue weighted by Gasteiger charge is 2.00. The van der Waals surface area contributed by atoms with Gasteiger partial charge in [-0.05, 0) is 12.0 Å². The van der Waals surface area contributed by atoms with Gasteiger partial charge in [0.25, 0.3) is 0 Å². The minimum Gasteiger partial charge on any atom is -0.352 e. The fraction of sp³-hybridized carbons (Fsp3) is 0.562. The minimum absolute atomic E-state index is 0.175. The molecule has 0 bridgehead atoms. The van der Waals surface area contributed by atoms with Gasteiger partial charge in [-0.2, -0.15) is 0 Å². The van der Waals surface area contributed by atoms with Crippen LogP contribution in [-0.2, 0) is 11.3 Å². The van der Waals surface area contributed by atoms with Crippen molar-refractivity contribution < 1.29 is 4.79 Å². The van der Waals surface area contributed by atoms with Crippen LogP contribution in [0.5, 0.6) is 0 Å². The highest BCUT2D eigenvalue weighted by Crippen LogP contribution is 2.07. The monoisotopic (exact) mass is 247 g/mol. The second kappa shape index (κ2) is 9.69. The van der Waals surface area contributed by atoms with E-state index in [0.29, 0.717) is 13.0 Å². The van der Waals surface area contributed by atoms with Gasteiger partial charge in [0.2, 0.25) is 5.91 Å². The number of hydrogen-bond donors (Lipinski definition) is 1. The van der Waals surface area contributed by atoms with Gasteiger partial charge in [0.1, 0.15) is 0 Å². The molecule has 1 N–H and O–H groups in total. The number of unbranched alkanes of at least 4 members (excludes halogenated alkanes) is 5. The molecule has 0 spiro atoms. The molecule has 1 amide bonds. The van der Waals surface area contributed by atoms with Crippen molar-refractivity contribution in [1.82, 2.24) is 5.32 Å². The average molecular weight is 247 g/mol. The van der Waals surface area contributed by atoms with Crippen LogP contribution in [0.4, 0.5) is 0 Å². The van der Waals surface area contributed by atoms with E-state index in [-0.39, 0.29) is 5.91 Å². The van der Waals surface area contributed by atoms with Crippen molar-refractivity contribution in [2.45, 2.75) is 58.4 Å². The SMILES string of the molecule is CCCCCCCCC(=O)NCc1ccccc1. The average Bonchev–Trinajstić information content (AvgIpc) is 2.41. The van der Waals surface area contributed by atoms with E-state index in [1.165, 1.54) is 32.1 Å². The van der Waals surface area contributed by atoms with Gasteiger partial charge in [-0.15, -0.1) is 0 Å². The molecule has 18 heavy (non-hydrogen) atoms. The zero-order valence-electron chi connectivity index (χ0n) is 11.5. The molecule has 100 valence electrons. The Morgan fingerprint density at radius 2 is 1.67 bits per heavy atom. The Balaban J connectivity index is 2.01. The highest BCUT2D eigenvalue weighted by molar-refractivity contribution is 5.75. The highest BCUT2D eigenvalue weighted by atomic mass is 16.1. The zero-order valence-corrected chi connectivity index (χ0v) is 11.5. The van der Waals surface area contributed by atoms with Crippen LogP contribution in [0.25, 0.3) is 0 Å². The molecule has 2 heteroatoms. The lowest BCUT2D eigenvalue weighted by Gasteiger charge is -2.05. The Labute approximate surface area is 111 Å². The third kappa shape index (κ3) is 7.10. The van der Waals surface area contributed by atoms with E-state index >= 15 is 0 Å². The van der Waals surface area contributed by atoms with Gasteiger partial charge in [0.15, 0.2) is 0 Å². The third-order valence-corrected chi connectivity index (χ3v) is 3.09. The first-order valence-corrected chi connectivity index (χ1v) is 7.13. The van der Waals surface area contributed by atoms with Crippen LogP contribution in [-0.4, -0.2) is 5.91 Å². The van der Waals surface area contributed by atoms with Crippen molar-refractivity contribution in [3.8, 4) is 0 Å². The summed E-state index contributed by atoms with van der Waals surface area (Å²) in [6.45, 7) is 2.87. The lowest BCUT2D eigenvalue weighted by atomic mass is 10.1. The van der Waals surface area contributed by atoms with Crippen molar-refractivity contribution in [2.75, 3.05) is 0 Å². The van der Waals surface area contributed by atoms with Gasteiger partial charge < -0.3 is 5.32 Å². The maximum Gasteiger partial charge on any atom is 0.220 e. The summed E-state index contributed by atoms with van der Waals surface area (Å²) in [5.74, 6) is 0.175. The molecule has 2 nitrogen and oxygen atoms in total. The summed E-state index contributed by atoms with van der Waals surface area (Å²) < 4.78 is 0. The molecule has 1 aromatic carbocycles. The van der Waals surface area contributed by atoms with E-state index in [0.717, 1.165) is 12.0 Å². The Bertz CT molecular complexity index is 321. The summed E-state index contributed by atoms with van der Waals surface area (Å²) in [5, 5.41) is 2.96. The van der Waals surface area contributed by atoms with E-state index < -0.39 is 0 Å². The number of carbonyl (C=O) groups excluding carboxylic acids is 1. The van der Waals surface area contributed by atoms with Crippen LogP contribution in [0.15, 0.2) is 30.3 Å². The maximum absolute atomic E-state index is 11.6. The molecule has 0 heterocycles. The van der Waals surface area contributed by atoms with Gasteiger partial charge in [-0.25, -0.2) is 0 Å². The van der Waals surface area contributed by atoms with Gasteiger partial charge in [-0.1, -0.05) is 69.4 Å². The second-order valence-electron chi connectivity index (χ2n) is 4.78. The van der Waals surface area contributed by atoms with E-state index in [1.54, 1.807) is 0 Å². The first kappa shape index (κ1) is 14.7. The second-order valence-corrected chi connectivity index (χ2v) is 4.78. The van der Waals surface area contributed by atoms with Crippen molar-refractivity contribution in [1.29, 1.82) is 0 Å². The maximum atomic E-state index is 11.6. The number of benzene rings is 1. The topological polar surface area (TPSA) is 29.1 Å². The fourth-order valence-corrected chi connectivity index (χ4v) is 1.95. The summed E-state index contributed by atoms with van der Waals surface area (Å²) in [6, 6.07) is 10.0. The molecule has 0 radical (unpaired) electrons. The Kier molecular flexibility index (Phi) is 7.94. The van der Waals surface area contributed by atoms with Crippen molar-refractivity contribution in [3.05, 3.63) is 35.9 Å². The predicted octanol–water partition coefficient (Wildman–Crippen LogP) is 4.05. The van der Waals surface area contributed by atoms with Crippen LogP contribution in [0.3, 0.4) is 0 Å². The predicted molar refractivity (Wildman–Crippen MR) is 76.3 cm³/mol. The third-order valence-electron chi connectivity index (χ3n) is 3.09. The molecule has 0 aromatic heterocycles. The van der Waals surface area contributed by atoms with E-state index in [4.69, 9.17) is 0 Å². The number of hydrogen-bond acceptors (Lipinski definition) is 1. The molecule has 0 aliphatic heterocycles. The Morgan fingerprint density at radius 3 is 2.39 bits per heavy atom. The molecule has 0 unspecified atom stereocenters. The molecular formula is C16H25NO. The minimum atomic E-state index is 0.175. The van der Waals surface area contributed by atoms with Crippen molar-refractivity contribution in [3.63, 3.8) is 0 Å². The first-order chi connectivity index (χ1) is 8.83. The molecule has 0 atom stereocenters. The standard InChI is InChI=1S/C16H25NO/c1-2-3-4-5-6-10-13-16(18)17-14-15-11-8-7-9-12-15/h7-9,11-12H,2-6,10,13-14H2,1H3,(H,17,18). The first-order valence-electron chi connectivity index (χ1n) is 7.13. The van der Waals surface area contributed by atoms with Crippen LogP contribution in [0.1, 0.15) is 57.4 Å². The molecule has 0 saturated carbocycles. The lowest BCUT2D eigenvalue weighted by molar-refractivity contribution is -0.121. The summed E-state index contributed by atoms with van der Waals surface area (Å²) in [5.41, 5.74) is 1.16. The molecule has 1 aromatic rings. The largest absolute Gasteiger partial charge is 0.352 e. The van der Waals surface area contributed by atoms with Crippen LogP contribution in [0, 0.1) is 0 Å². The molecule has 0 saturated heterocycles. The van der Waals surface area contributed by atoms with E-state index in [1.807, 2.05) is 30.3 Å². The van der Waals surface area contributed by atoms with Crippen LogP contribution in [0.2, 0.25) is 0 Å². The molecule has 0 aliphatic rings. The zero-order chi connectivity index (χ0) is 13.1. The summed E-state index contributed by atoms with van der Waals surface area (Å²) in [4.78, 5) is 11.6. The van der Waals surface area contributed by atoms with Gasteiger partial charge in [-0.3, -0.25) is 4.79 Å². The van der Waals surface area contributed by atoms with Crippen molar-refractivity contribution in [2.24, 2.45) is 0 Å². The molecule has 1 rings (SSSR count). The van der Waals surface area contributed by atoms with Gasteiger partial charge in [0, 0.05) is 13.0 Å². The van der Waals surface area contributed by atoms with Gasteiger partial charge in [0.05, 0.1) is 0 Å². The van der Waals surface area contributed by atoms with Crippen molar-refractivity contribution >= 4 is 5.91 Å². The molecule has 0 fully saturated rings. The summed E-state index contributed by atoms with van der Waals surface area (Å²) >= 11 is 0.